The van der Waals surface area contributed by atoms with Gasteiger partial charge in [-0.1, -0.05) is 60.2 Å². The van der Waals surface area contributed by atoms with Crippen LogP contribution >= 0.6 is 0 Å². The van der Waals surface area contributed by atoms with E-state index in [2.05, 4.69) is 0 Å². The molecule has 6 nitrogen and oxygen atoms in total. The lowest BCUT2D eigenvalue weighted by Gasteiger charge is -2.21. The predicted molar refractivity (Wildman–Crippen MR) is 121 cm³/mol. The number of benzene rings is 3. The Morgan fingerprint density at radius 1 is 0.719 bits per heavy atom. The second-order valence-corrected chi connectivity index (χ2v) is 7.32. The first kappa shape index (κ1) is 24.3. The summed E-state index contributed by atoms with van der Waals surface area (Å²) in [5.41, 5.74) is 3.97. The Balaban J connectivity index is 0.000000174. The van der Waals surface area contributed by atoms with Gasteiger partial charge in [-0.25, -0.2) is 9.59 Å². The Hall–Kier alpha value is -3.93. The number of aryl methyl sites for hydroxylation is 2. The number of rotatable bonds is 3. The molecule has 4 rings (SSSR count). The summed E-state index contributed by atoms with van der Waals surface area (Å²) in [6.45, 7) is 1.92. The molecule has 0 saturated carbocycles. The molecule has 3 N–H and O–H groups in total. The zero-order valence-electron chi connectivity index (χ0n) is 17.8. The maximum Gasteiger partial charge on any atom is 0.335 e. The Bertz CT molecular complexity index is 1040. The van der Waals surface area contributed by atoms with Gasteiger partial charge in [-0.3, -0.25) is 4.79 Å². The lowest BCUT2D eigenvalue weighted by Crippen LogP contribution is -2.17. The summed E-state index contributed by atoms with van der Waals surface area (Å²) in [6.07, 6.45) is 2.81. The zero-order chi connectivity index (χ0) is 23.5. The molecule has 166 valence electrons. The van der Waals surface area contributed by atoms with Crippen LogP contribution in [0.5, 0.6) is 0 Å². The maximum absolute atomic E-state index is 10.9. The molecule has 0 saturated heterocycles. The third-order valence-corrected chi connectivity index (χ3v) is 4.99. The standard InChI is InChI=1S/C11H12O2.C8H8O2.C7H6O2/c12-11(13)10-7-3-5-8-4-1-2-6-9(8)10;1-6-2-4-7(5-3-6)8(9)10;8-7(9)6-4-2-1-3-5-6/h1-2,4,6,10H,3,5,7H2,(H,12,13);2-5H,1H3,(H,9,10);1-5H,(H,8,9). The Labute approximate surface area is 186 Å². The fourth-order valence-electron chi connectivity index (χ4n) is 3.29. The molecule has 0 spiro atoms. The molecule has 0 fully saturated rings. The van der Waals surface area contributed by atoms with E-state index in [0.29, 0.717) is 11.1 Å². The zero-order valence-corrected chi connectivity index (χ0v) is 17.8. The van der Waals surface area contributed by atoms with Gasteiger partial charge in [0.2, 0.25) is 0 Å². The van der Waals surface area contributed by atoms with Crippen molar-refractivity contribution in [1.29, 1.82) is 0 Å². The van der Waals surface area contributed by atoms with E-state index >= 15 is 0 Å². The van der Waals surface area contributed by atoms with Gasteiger partial charge in [0.05, 0.1) is 17.0 Å². The van der Waals surface area contributed by atoms with Crippen LogP contribution in [0.4, 0.5) is 0 Å². The van der Waals surface area contributed by atoms with Crippen LogP contribution in [0.2, 0.25) is 0 Å². The third kappa shape index (κ3) is 7.40. The number of hydrogen-bond donors (Lipinski definition) is 3. The van der Waals surface area contributed by atoms with Gasteiger partial charge in [0, 0.05) is 0 Å². The summed E-state index contributed by atoms with van der Waals surface area (Å²) < 4.78 is 0. The van der Waals surface area contributed by atoms with Crippen LogP contribution in [0.15, 0.2) is 78.9 Å². The predicted octanol–water partition coefficient (Wildman–Crippen LogP) is 5.27. The Morgan fingerprint density at radius 2 is 1.25 bits per heavy atom. The molecular weight excluding hydrogens is 408 g/mol. The van der Waals surface area contributed by atoms with E-state index in [1.54, 1.807) is 54.6 Å². The van der Waals surface area contributed by atoms with Gasteiger partial charge >= 0.3 is 17.9 Å². The minimum atomic E-state index is -0.879. The second-order valence-electron chi connectivity index (χ2n) is 7.32. The van der Waals surface area contributed by atoms with Gasteiger partial charge in [0.1, 0.15) is 0 Å². The molecule has 1 aliphatic rings. The van der Waals surface area contributed by atoms with E-state index in [1.807, 2.05) is 31.2 Å². The van der Waals surface area contributed by atoms with Crippen molar-refractivity contribution in [2.45, 2.75) is 32.1 Å². The molecule has 3 aromatic rings. The summed E-state index contributed by atoms with van der Waals surface area (Å²) in [5, 5.41) is 25.8. The number of aromatic carboxylic acids is 2. The van der Waals surface area contributed by atoms with Crippen LogP contribution < -0.4 is 0 Å². The van der Waals surface area contributed by atoms with Crippen molar-refractivity contribution < 1.29 is 29.7 Å². The number of carbonyl (C=O) groups is 3. The highest BCUT2D eigenvalue weighted by molar-refractivity contribution is 5.87. The monoisotopic (exact) mass is 434 g/mol. The van der Waals surface area contributed by atoms with Gasteiger partial charge < -0.3 is 15.3 Å². The quantitative estimate of drug-likeness (QED) is 0.518. The van der Waals surface area contributed by atoms with Crippen molar-refractivity contribution in [2.24, 2.45) is 0 Å². The van der Waals surface area contributed by atoms with Crippen LogP contribution in [-0.2, 0) is 11.2 Å². The molecule has 1 atom stereocenters. The van der Waals surface area contributed by atoms with Crippen LogP contribution in [0.25, 0.3) is 0 Å². The summed E-state index contributed by atoms with van der Waals surface area (Å²) in [6, 6.07) is 22.9. The highest BCUT2D eigenvalue weighted by Crippen LogP contribution is 2.31. The molecule has 6 heteroatoms. The minimum absolute atomic E-state index is 0.273. The summed E-state index contributed by atoms with van der Waals surface area (Å²) in [7, 11) is 0. The average molecular weight is 434 g/mol. The van der Waals surface area contributed by atoms with Crippen LogP contribution in [-0.4, -0.2) is 33.2 Å². The summed E-state index contributed by atoms with van der Waals surface area (Å²) >= 11 is 0. The van der Waals surface area contributed by atoms with E-state index < -0.39 is 17.9 Å². The molecule has 3 aromatic carbocycles. The topological polar surface area (TPSA) is 112 Å². The smallest absolute Gasteiger partial charge is 0.335 e. The van der Waals surface area contributed by atoms with Crippen molar-refractivity contribution in [3.63, 3.8) is 0 Å². The van der Waals surface area contributed by atoms with E-state index in [-0.39, 0.29) is 5.92 Å². The molecule has 32 heavy (non-hydrogen) atoms. The highest BCUT2D eigenvalue weighted by Gasteiger charge is 2.25. The van der Waals surface area contributed by atoms with Gasteiger partial charge in [-0.2, -0.15) is 0 Å². The van der Waals surface area contributed by atoms with E-state index in [9.17, 15) is 14.4 Å². The molecule has 1 aliphatic carbocycles. The number of fused-ring (bicyclic) bond motifs is 1. The van der Waals surface area contributed by atoms with E-state index in [4.69, 9.17) is 15.3 Å². The molecule has 0 aliphatic heterocycles. The van der Waals surface area contributed by atoms with Crippen molar-refractivity contribution >= 4 is 17.9 Å². The van der Waals surface area contributed by atoms with Crippen LogP contribution in [0, 0.1) is 6.92 Å². The van der Waals surface area contributed by atoms with Crippen molar-refractivity contribution in [1.82, 2.24) is 0 Å². The molecule has 0 amide bonds. The molecular formula is C26H26O6. The number of aliphatic carboxylic acids is 1. The van der Waals surface area contributed by atoms with E-state index in [0.717, 1.165) is 30.4 Å². The Morgan fingerprint density at radius 3 is 1.78 bits per heavy atom. The molecule has 1 unspecified atom stereocenters. The van der Waals surface area contributed by atoms with Crippen molar-refractivity contribution in [3.05, 3.63) is 107 Å². The van der Waals surface area contributed by atoms with Crippen LogP contribution in [0.3, 0.4) is 0 Å². The first-order valence-electron chi connectivity index (χ1n) is 10.2. The van der Waals surface area contributed by atoms with Crippen molar-refractivity contribution in [3.8, 4) is 0 Å². The second kappa shape index (κ2) is 12.1. The highest BCUT2D eigenvalue weighted by atomic mass is 16.4. The van der Waals surface area contributed by atoms with Crippen molar-refractivity contribution in [2.75, 3.05) is 0 Å². The minimum Gasteiger partial charge on any atom is -0.481 e. The maximum atomic E-state index is 10.9. The van der Waals surface area contributed by atoms with Gasteiger partial charge in [-0.05, 0) is 61.6 Å². The average Bonchev–Trinajstić information content (AvgIpc) is 2.80. The largest absolute Gasteiger partial charge is 0.481 e. The number of hydrogen-bond acceptors (Lipinski definition) is 3. The molecule has 0 bridgehead atoms. The first-order valence-corrected chi connectivity index (χ1v) is 10.2. The van der Waals surface area contributed by atoms with Gasteiger partial charge in [-0.15, -0.1) is 0 Å². The third-order valence-electron chi connectivity index (χ3n) is 4.99. The lowest BCUT2D eigenvalue weighted by molar-refractivity contribution is -0.139. The van der Waals surface area contributed by atoms with Gasteiger partial charge in [0.15, 0.2) is 0 Å². The SMILES string of the molecule is Cc1ccc(C(=O)O)cc1.O=C(O)C1CCCc2ccccc21.O=C(O)c1ccccc1. The fourth-order valence-corrected chi connectivity index (χ4v) is 3.29. The summed E-state index contributed by atoms with van der Waals surface area (Å²) in [4.78, 5) is 31.4. The van der Waals surface area contributed by atoms with Gasteiger partial charge in [0.25, 0.3) is 0 Å². The molecule has 0 heterocycles. The first-order chi connectivity index (χ1) is 15.3. The van der Waals surface area contributed by atoms with Crippen LogP contribution in [0.1, 0.15) is 56.2 Å². The molecule has 0 aromatic heterocycles. The Kier molecular flexibility index (Phi) is 9.17. The number of carboxylic acid groups (broad SMARTS) is 3. The lowest BCUT2D eigenvalue weighted by atomic mass is 9.83. The molecule has 0 radical (unpaired) electrons. The number of carboxylic acids is 3. The van der Waals surface area contributed by atoms with E-state index in [1.165, 1.54) is 5.56 Å². The summed E-state index contributed by atoms with van der Waals surface area (Å²) in [5.74, 6) is -2.72. The fraction of sp³-hybridized carbons (Fsp3) is 0.192. The normalized spacial score (nSPS) is 13.8.